The fourth-order valence-electron chi connectivity index (χ4n) is 1.57. The Labute approximate surface area is 109 Å². The summed E-state index contributed by atoms with van der Waals surface area (Å²) in [6.07, 6.45) is -0.0193. The quantitative estimate of drug-likeness (QED) is 0.844. The third-order valence-corrected chi connectivity index (χ3v) is 2.65. The van der Waals surface area contributed by atoms with Crippen LogP contribution in [0.1, 0.15) is 23.7 Å². The van der Waals surface area contributed by atoms with Crippen LogP contribution in [0.15, 0.2) is 24.3 Å². The molecule has 0 aliphatic rings. The number of amides is 1. The molecule has 0 aromatic heterocycles. The second kappa shape index (κ2) is 6.50. The summed E-state index contributed by atoms with van der Waals surface area (Å²) < 4.78 is 13.4. The van der Waals surface area contributed by atoms with E-state index in [1.807, 2.05) is 6.07 Å². The number of hydrogen-bond acceptors (Lipinski definition) is 3. The minimum absolute atomic E-state index is 0.0193. The van der Waals surface area contributed by atoms with Gasteiger partial charge in [-0.05, 0) is 12.1 Å². The summed E-state index contributed by atoms with van der Waals surface area (Å²) in [5.74, 6) is -3.36. The Kier molecular flexibility index (Phi) is 5.01. The standard InChI is InChI=1S/C13H13FN2O3/c1-8(6-7-15)11(13(18)19)16-12(17)9-4-2-3-5-10(9)14/h2-5,8,11H,6H2,1H3,(H,16,17)(H,18,19)/t8-,11+/m0/s1. The highest BCUT2D eigenvalue weighted by atomic mass is 19.1. The van der Waals surface area contributed by atoms with Crippen LogP contribution in [0, 0.1) is 23.1 Å². The number of rotatable bonds is 5. The second-order valence-electron chi connectivity index (χ2n) is 4.11. The zero-order valence-corrected chi connectivity index (χ0v) is 10.3. The van der Waals surface area contributed by atoms with Gasteiger partial charge in [0.1, 0.15) is 11.9 Å². The molecule has 6 heteroatoms. The fourth-order valence-corrected chi connectivity index (χ4v) is 1.57. The van der Waals surface area contributed by atoms with Crippen LogP contribution < -0.4 is 5.32 Å². The van der Waals surface area contributed by atoms with Crippen LogP contribution in [-0.2, 0) is 4.79 Å². The average molecular weight is 264 g/mol. The van der Waals surface area contributed by atoms with E-state index < -0.39 is 29.7 Å². The van der Waals surface area contributed by atoms with Crippen molar-refractivity contribution >= 4 is 11.9 Å². The second-order valence-corrected chi connectivity index (χ2v) is 4.11. The largest absolute Gasteiger partial charge is 0.480 e. The van der Waals surface area contributed by atoms with Crippen LogP contribution in [0.5, 0.6) is 0 Å². The van der Waals surface area contributed by atoms with Crippen molar-refractivity contribution in [1.29, 1.82) is 5.26 Å². The Bertz CT molecular complexity index is 525. The predicted octanol–water partition coefficient (Wildman–Crippen LogP) is 1.56. The van der Waals surface area contributed by atoms with Gasteiger partial charge in [0.15, 0.2) is 0 Å². The highest BCUT2D eigenvalue weighted by Crippen LogP contribution is 2.11. The van der Waals surface area contributed by atoms with E-state index in [4.69, 9.17) is 10.4 Å². The molecule has 1 amide bonds. The van der Waals surface area contributed by atoms with Crippen molar-refractivity contribution < 1.29 is 19.1 Å². The predicted molar refractivity (Wildman–Crippen MR) is 64.7 cm³/mol. The minimum atomic E-state index is -1.26. The number of halogens is 1. The zero-order valence-electron chi connectivity index (χ0n) is 10.3. The van der Waals surface area contributed by atoms with E-state index in [1.165, 1.54) is 25.1 Å². The summed E-state index contributed by atoms with van der Waals surface area (Å²) in [5.41, 5.74) is -0.224. The monoisotopic (exact) mass is 264 g/mol. The molecule has 0 aliphatic carbocycles. The minimum Gasteiger partial charge on any atom is -0.480 e. The summed E-state index contributed by atoms with van der Waals surface area (Å²) in [6.45, 7) is 1.53. The van der Waals surface area contributed by atoms with Crippen LogP contribution in [0.25, 0.3) is 0 Å². The topological polar surface area (TPSA) is 90.2 Å². The molecular formula is C13H13FN2O3. The molecule has 0 saturated heterocycles. The van der Waals surface area contributed by atoms with Crippen molar-refractivity contribution in [1.82, 2.24) is 5.32 Å². The lowest BCUT2D eigenvalue weighted by Crippen LogP contribution is -2.45. The van der Waals surface area contributed by atoms with Gasteiger partial charge >= 0.3 is 5.97 Å². The number of carboxylic acids is 1. The molecule has 19 heavy (non-hydrogen) atoms. The van der Waals surface area contributed by atoms with Gasteiger partial charge in [0.25, 0.3) is 5.91 Å². The first-order chi connectivity index (χ1) is 8.97. The molecule has 0 bridgehead atoms. The van der Waals surface area contributed by atoms with Crippen molar-refractivity contribution in [2.45, 2.75) is 19.4 Å². The molecule has 0 radical (unpaired) electrons. The van der Waals surface area contributed by atoms with Crippen molar-refractivity contribution in [3.63, 3.8) is 0 Å². The van der Waals surface area contributed by atoms with E-state index >= 15 is 0 Å². The lowest BCUT2D eigenvalue weighted by Gasteiger charge is -2.19. The SMILES string of the molecule is C[C@@H](CC#N)[C@@H](NC(=O)c1ccccc1F)C(=O)O. The number of benzene rings is 1. The number of nitrogens with one attached hydrogen (secondary N) is 1. The van der Waals surface area contributed by atoms with Crippen LogP contribution in [0.3, 0.4) is 0 Å². The van der Waals surface area contributed by atoms with E-state index in [0.29, 0.717) is 0 Å². The number of carbonyl (C=O) groups excluding carboxylic acids is 1. The Hall–Kier alpha value is -2.42. The molecule has 0 heterocycles. The van der Waals surface area contributed by atoms with Crippen molar-refractivity contribution in [3.05, 3.63) is 35.6 Å². The number of nitrogens with zero attached hydrogens (tertiary/aromatic N) is 1. The van der Waals surface area contributed by atoms with Crippen LogP contribution >= 0.6 is 0 Å². The molecule has 0 aliphatic heterocycles. The molecule has 0 saturated carbocycles. The summed E-state index contributed by atoms with van der Waals surface area (Å²) in [7, 11) is 0. The summed E-state index contributed by atoms with van der Waals surface area (Å²) in [4.78, 5) is 22.8. The number of aliphatic carboxylic acids is 1. The first-order valence-corrected chi connectivity index (χ1v) is 5.62. The Morgan fingerprint density at radius 2 is 2.11 bits per heavy atom. The van der Waals surface area contributed by atoms with Crippen LogP contribution in [-0.4, -0.2) is 23.0 Å². The molecule has 0 unspecified atom stereocenters. The Morgan fingerprint density at radius 1 is 1.47 bits per heavy atom. The fraction of sp³-hybridized carbons (Fsp3) is 0.308. The first kappa shape index (κ1) is 14.6. The molecule has 0 fully saturated rings. The Morgan fingerprint density at radius 3 is 2.63 bits per heavy atom. The maximum absolute atomic E-state index is 13.4. The summed E-state index contributed by atoms with van der Waals surface area (Å²) >= 11 is 0. The highest BCUT2D eigenvalue weighted by Gasteiger charge is 2.27. The lowest BCUT2D eigenvalue weighted by atomic mass is 9.98. The van der Waals surface area contributed by atoms with Gasteiger partial charge in [-0.2, -0.15) is 5.26 Å². The number of carbonyl (C=O) groups is 2. The van der Waals surface area contributed by atoms with Gasteiger partial charge in [0.05, 0.1) is 11.6 Å². The maximum Gasteiger partial charge on any atom is 0.326 e. The van der Waals surface area contributed by atoms with Gasteiger partial charge in [-0.3, -0.25) is 4.79 Å². The van der Waals surface area contributed by atoms with Crippen molar-refractivity contribution in [2.24, 2.45) is 5.92 Å². The van der Waals surface area contributed by atoms with E-state index in [-0.39, 0.29) is 12.0 Å². The molecule has 1 aromatic rings. The number of hydrogen-bond donors (Lipinski definition) is 2. The van der Waals surface area contributed by atoms with E-state index in [1.54, 1.807) is 0 Å². The van der Waals surface area contributed by atoms with Gasteiger partial charge < -0.3 is 10.4 Å². The molecule has 100 valence electrons. The lowest BCUT2D eigenvalue weighted by molar-refractivity contribution is -0.140. The van der Waals surface area contributed by atoms with Crippen LogP contribution in [0.2, 0.25) is 0 Å². The Balaban J connectivity index is 2.87. The van der Waals surface area contributed by atoms with E-state index in [2.05, 4.69) is 5.32 Å². The highest BCUT2D eigenvalue weighted by molar-refractivity contribution is 5.96. The number of nitriles is 1. The molecule has 2 N–H and O–H groups in total. The molecular weight excluding hydrogens is 251 g/mol. The van der Waals surface area contributed by atoms with Gasteiger partial charge in [0.2, 0.25) is 0 Å². The molecule has 2 atom stereocenters. The van der Waals surface area contributed by atoms with Gasteiger partial charge in [-0.15, -0.1) is 0 Å². The zero-order chi connectivity index (χ0) is 14.4. The number of carboxylic acid groups (broad SMARTS) is 1. The summed E-state index contributed by atoms with van der Waals surface area (Å²) in [5, 5.41) is 19.8. The van der Waals surface area contributed by atoms with Crippen LogP contribution in [0.4, 0.5) is 4.39 Å². The molecule has 0 spiro atoms. The van der Waals surface area contributed by atoms with E-state index in [9.17, 15) is 14.0 Å². The molecule has 5 nitrogen and oxygen atoms in total. The average Bonchev–Trinajstić information content (AvgIpc) is 2.36. The first-order valence-electron chi connectivity index (χ1n) is 5.62. The third-order valence-electron chi connectivity index (χ3n) is 2.65. The third kappa shape index (κ3) is 3.78. The smallest absolute Gasteiger partial charge is 0.326 e. The van der Waals surface area contributed by atoms with Crippen molar-refractivity contribution in [2.75, 3.05) is 0 Å². The van der Waals surface area contributed by atoms with Gasteiger partial charge in [-0.1, -0.05) is 19.1 Å². The maximum atomic E-state index is 13.4. The summed E-state index contributed by atoms with van der Waals surface area (Å²) in [6, 6.07) is 5.89. The van der Waals surface area contributed by atoms with E-state index in [0.717, 1.165) is 6.07 Å². The molecule has 1 aromatic carbocycles. The van der Waals surface area contributed by atoms with Gasteiger partial charge in [0, 0.05) is 12.3 Å². The normalized spacial score (nSPS) is 13.1. The molecule has 1 rings (SSSR count). The van der Waals surface area contributed by atoms with Crippen molar-refractivity contribution in [3.8, 4) is 6.07 Å². The van der Waals surface area contributed by atoms with Gasteiger partial charge in [-0.25, -0.2) is 9.18 Å².